The molecule has 5 aromatic rings. The number of hydrogen-bond donors (Lipinski definition) is 1. The van der Waals surface area contributed by atoms with Crippen molar-refractivity contribution in [2.24, 2.45) is 0 Å². The SMILES string of the molecule is COC1=C(C)OC2CC1(OC)n1c3ccccc3c3c4c(c5c6ccccc6n2c5c31)C(=O)NC4. The third-order valence-corrected chi connectivity index (χ3v) is 8.15. The largest absolute Gasteiger partial charge is 0.493 e. The first-order valence-corrected chi connectivity index (χ1v) is 11.9. The highest BCUT2D eigenvalue weighted by Crippen LogP contribution is 2.55. The summed E-state index contributed by atoms with van der Waals surface area (Å²) in [6.45, 7) is 2.44. The van der Waals surface area contributed by atoms with Gasteiger partial charge in [-0.15, -0.1) is 0 Å². The fourth-order valence-corrected chi connectivity index (χ4v) is 6.96. The van der Waals surface area contributed by atoms with Gasteiger partial charge in [0, 0.05) is 35.2 Å². The molecule has 0 saturated carbocycles. The van der Waals surface area contributed by atoms with E-state index in [1.165, 1.54) is 0 Å². The van der Waals surface area contributed by atoms with Crippen LogP contribution in [0.25, 0.3) is 43.6 Å². The molecule has 3 aliphatic heterocycles. The smallest absolute Gasteiger partial charge is 0.252 e. The Kier molecular flexibility index (Phi) is 3.41. The number of amides is 1. The first-order chi connectivity index (χ1) is 17.1. The lowest BCUT2D eigenvalue weighted by molar-refractivity contribution is -0.145. The zero-order valence-electron chi connectivity index (χ0n) is 19.6. The van der Waals surface area contributed by atoms with Crippen molar-refractivity contribution in [2.45, 2.75) is 31.8 Å². The average Bonchev–Trinajstić information content (AvgIpc) is 3.51. The summed E-state index contributed by atoms with van der Waals surface area (Å²) in [4.78, 5) is 13.3. The topological polar surface area (TPSA) is 66.7 Å². The fraction of sp³-hybridized carbons (Fsp3) is 0.250. The molecule has 5 heterocycles. The van der Waals surface area contributed by atoms with Crippen LogP contribution in [0, 0.1) is 0 Å². The Morgan fingerprint density at radius 3 is 2.46 bits per heavy atom. The average molecular weight is 466 g/mol. The summed E-state index contributed by atoms with van der Waals surface area (Å²) in [5, 5.41) is 7.32. The van der Waals surface area contributed by atoms with Crippen molar-refractivity contribution in [3.63, 3.8) is 0 Å². The molecule has 0 fully saturated rings. The number of hydrogen-bond acceptors (Lipinski definition) is 4. The van der Waals surface area contributed by atoms with Crippen LogP contribution < -0.4 is 5.32 Å². The Labute approximate surface area is 200 Å². The van der Waals surface area contributed by atoms with Gasteiger partial charge in [-0.3, -0.25) is 4.79 Å². The summed E-state index contributed by atoms with van der Waals surface area (Å²) >= 11 is 0. The number of nitrogens with one attached hydrogen (secondary N) is 1. The molecular weight excluding hydrogens is 442 g/mol. The van der Waals surface area contributed by atoms with Gasteiger partial charge in [-0.2, -0.15) is 0 Å². The number of rotatable bonds is 2. The van der Waals surface area contributed by atoms with Gasteiger partial charge in [-0.1, -0.05) is 36.4 Å². The second-order valence-corrected chi connectivity index (χ2v) is 9.58. The molecule has 174 valence electrons. The second kappa shape index (κ2) is 6.17. The van der Waals surface area contributed by atoms with Crippen molar-refractivity contribution in [1.29, 1.82) is 0 Å². The van der Waals surface area contributed by atoms with Crippen LogP contribution in [-0.2, 0) is 26.5 Å². The number of allylic oxidation sites excluding steroid dienone is 1. The monoisotopic (exact) mass is 465 g/mol. The maximum Gasteiger partial charge on any atom is 0.252 e. The van der Waals surface area contributed by atoms with Gasteiger partial charge in [0.25, 0.3) is 5.91 Å². The van der Waals surface area contributed by atoms with Gasteiger partial charge in [-0.05, 0) is 24.6 Å². The van der Waals surface area contributed by atoms with E-state index in [0.29, 0.717) is 24.5 Å². The van der Waals surface area contributed by atoms with Gasteiger partial charge >= 0.3 is 0 Å². The maximum absolute atomic E-state index is 13.3. The van der Waals surface area contributed by atoms with E-state index in [4.69, 9.17) is 14.2 Å². The third-order valence-electron chi connectivity index (χ3n) is 8.15. The van der Waals surface area contributed by atoms with Gasteiger partial charge < -0.3 is 28.7 Å². The summed E-state index contributed by atoms with van der Waals surface area (Å²) in [6.07, 6.45) is 0.192. The van der Waals surface area contributed by atoms with Crippen LogP contribution in [0.1, 0.15) is 35.5 Å². The van der Waals surface area contributed by atoms with Crippen LogP contribution in [-0.4, -0.2) is 29.3 Å². The lowest BCUT2D eigenvalue weighted by atomic mass is 9.97. The molecule has 3 aliphatic rings. The Hall–Kier alpha value is -3.97. The van der Waals surface area contributed by atoms with Crippen LogP contribution in [0.15, 0.2) is 60.0 Å². The predicted octanol–water partition coefficient (Wildman–Crippen LogP) is 5.26. The summed E-state index contributed by atoms with van der Waals surface area (Å²) in [7, 11) is 3.41. The van der Waals surface area contributed by atoms with E-state index in [1.54, 1.807) is 14.2 Å². The van der Waals surface area contributed by atoms with Crippen LogP contribution >= 0.6 is 0 Å². The van der Waals surface area contributed by atoms with E-state index in [2.05, 4.69) is 50.8 Å². The molecule has 2 bridgehead atoms. The molecule has 1 amide bonds. The van der Waals surface area contributed by atoms with Crippen molar-refractivity contribution >= 4 is 49.5 Å². The van der Waals surface area contributed by atoms with Gasteiger partial charge in [0.05, 0.1) is 41.2 Å². The highest BCUT2D eigenvalue weighted by molar-refractivity contribution is 6.31. The fourth-order valence-electron chi connectivity index (χ4n) is 6.96. The van der Waals surface area contributed by atoms with E-state index >= 15 is 0 Å². The Bertz CT molecular complexity index is 1820. The van der Waals surface area contributed by atoms with E-state index < -0.39 is 5.72 Å². The minimum absolute atomic E-state index is 0.0249. The molecule has 0 radical (unpaired) electrons. The van der Waals surface area contributed by atoms with Gasteiger partial charge in [0.1, 0.15) is 5.76 Å². The molecule has 0 spiro atoms. The molecule has 2 aromatic heterocycles. The summed E-state index contributed by atoms with van der Waals surface area (Å²) in [5.41, 5.74) is 5.04. The number of carbonyl (C=O) groups excluding carboxylic acids is 1. The molecule has 3 aromatic carbocycles. The Morgan fingerprint density at radius 1 is 1.00 bits per heavy atom. The number of para-hydroxylation sites is 2. The van der Waals surface area contributed by atoms with Gasteiger partial charge in [0.2, 0.25) is 5.72 Å². The summed E-state index contributed by atoms with van der Waals surface area (Å²) < 4.78 is 23.5. The molecule has 0 aliphatic carbocycles. The van der Waals surface area contributed by atoms with E-state index in [0.717, 1.165) is 54.7 Å². The zero-order chi connectivity index (χ0) is 23.6. The van der Waals surface area contributed by atoms with Crippen LogP contribution in [0.5, 0.6) is 0 Å². The number of carbonyl (C=O) groups is 1. The summed E-state index contributed by atoms with van der Waals surface area (Å²) in [5.74, 6) is 1.33. The van der Waals surface area contributed by atoms with Crippen LogP contribution in [0.3, 0.4) is 0 Å². The molecule has 1 N–H and O–H groups in total. The van der Waals surface area contributed by atoms with Gasteiger partial charge in [0.15, 0.2) is 12.0 Å². The number of nitrogens with zero attached hydrogens (tertiary/aromatic N) is 2. The van der Waals surface area contributed by atoms with E-state index in [-0.39, 0.29) is 12.1 Å². The standard InChI is InChI=1S/C28H23N3O4/c1-14-26(33-2)28(34-3)12-20(35-14)30-18-10-6-4-8-15(18)22-23-17(13-29-27(23)32)21-16-9-5-7-11-19(16)31(28)25(21)24(22)30/h4-11,20H,12-13H2,1-3H3,(H,29,32). The lowest BCUT2D eigenvalue weighted by Crippen LogP contribution is -2.43. The molecule has 35 heavy (non-hydrogen) atoms. The Balaban J connectivity index is 1.77. The minimum Gasteiger partial charge on any atom is -0.493 e. The molecule has 2 unspecified atom stereocenters. The normalized spacial score (nSPS) is 22.8. The van der Waals surface area contributed by atoms with Crippen molar-refractivity contribution < 1.29 is 19.0 Å². The summed E-state index contributed by atoms with van der Waals surface area (Å²) in [6, 6.07) is 16.7. The van der Waals surface area contributed by atoms with E-state index in [1.807, 2.05) is 19.1 Å². The highest BCUT2D eigenvalue weighted by Gasteiger charge is 2.51. The number of ether oxygens (including phenoxy) is 3. The predicted molar refractivity (Wildman–Crippen MR) is 133 cm³/mol. The third kappa shape index (κ3) is 1.98. The molecule has 2 atom stereocenters. The van der Waals surface area contributed by atoms with Crippen molar-refractivity contribution in [3.8, 4) is 0 Å². The number of benzene rings is 3. The van der Waals surface area contributed by atoms with Crippen molar-refractivity contribution in [1.82, 2.24) is 14.5 Å². The number of methoxy groups -OCH3 is 2. The molecular formula is C28H23N3O4. The number of aromatic nitrogens is 2. The van der Waals surface area contributed by atoms with E-state index in [9.17, 15) is 4.79 Å². The van der Waals surface area contributed by atoms with Gasteiger partial charge in [-0.25, -0.2) is 0 Å². The molecule has 7 nitrogen and oxygen atoms in total. The maximum atomic E-state index is 13.3. The second-order valence-electron chi connectivity index (χ2n) is 9.58. The molecule has 8 rings (SSSR count). The molecule has 7 heteroatoms. The molecule has 0 saturated heterocycles. The van der Waals surface area contributed by atoms with Crippen LogP contribution in [0.2, 0.25) is 0 Å². The highest BCUT2D eigenvalue weighted by atomic mass is 16.6. The zero-order valence-corrected chi connectivity index (χ0v) is 19.6. The first-order valence-electron chi connectivity index (χ1n) is 11.9. The Morgan fingerprint density at radius 2 is 1.71 bits per heavy atom. The quantitative estimate of drug-likeness (QED) is 0.386. The van der Waals surface area contributed by atoms with Crippen molar-refractivity contribution in [2.75, 3.05) is 14.2 Å². The minimum atomic E-state index is -0.902. The van der Waals surface area contributed by atoms with Crippen LogP contribution in [0.4, 0.5) is 0 Å². The first kappa shape index (κ1) is 19.3. The lowest BCUT2D eigenvalue weighted by Gasteiger charge is -2.41. The number of fused-ring (bicyclic) bond motifs is 13. The van der Waals surface area contributed by atoms with Crippen molar-refractivity contribution in [3.05, 3.63) is 71.2 Å².